The Hall–Kier alpha value is -2.68. The van der Waals surface area contributed by atoms with Crippen molar-refractivity contribution in [3.63, 3.8) is 0 Å². The van der Waals surface area contributed by atoms with Gasteiger partial charge in [0.05, 0.1) is 19.9 Å². The third kappa shape index (κ3) is 7.34. The third-order valence-corrected chi connectivity index (χ3v) is 4.39. The average molecular weight is 408 g/mol. The zero-order valence-corrected chi connectivity index (χ0v) is 17.9. The Kier molecular flexibility index (Phi) is 7.95. The van der Waals surface area contributed by atoms with Crippen molar-refractivity contribution in [2.75, 3.05) is 58.8 Å². The van der Waals surface area contributed by atoms with E-state index >= 15 is 0 Å². The summed E-state index contributed by atoms with van der Waals surface area (Å²) in [6.07, 6.45) is -0.276. The minimum atomic E-state index is -0.489. The van der Waals surface area contributed by atoms with Gasteiger partial charge in [0, 0.05) is 45.3 Å². The number of piperazine rings is 1. The van der Waals surface area contributed by atoms with Gasteiger partial charge >= 0.3 is 12.1 Å². The molecule has 1 aromatic rings. The van der Waals surface area contributed by atoms with Crippen molar-refractivity contribution in [1.29, 1.82) is 0 Å². The molecule has 0 spiro atoms. The van der Waals surface area contributed by atoms with E-state index in [-0.39, 0.29) is 12.1 Å². The van der Waals surface area contributed by atoms with E-state index in [0.29, 0.717) is 43.4 Å². The molecule has 1 aliphatic heterocycles. The normalized spacial score (nSPS) is 14.9. The Morgan fingerprint density at radius 3 is 2.34 bits per heavy atom. The maximum absolute atomic E-state index is 12.2. The van der Waals surface area contributed by atoms with Gasteiger partial charge in [0.2, 0.25) is 0 Å². The number of amides is 3. The highest BCUT2D eigenvalue weighted by Crippen LogP contribution is 2.28. The summed E-state index contributed by atoms with van der Waals surface area (Å²) in [5.74, 6) is 1.18. The van der Waals surface area contributed by atoms with Crippen LogP contribution in [0.4, 0.5) is 15.3 Å². The Labute approximate surface area is 172 Å². The maximum Gasteiger partial charge on any atom is 0.410 e. The summed E-state index contributed by atoms with van der Waals surface area (Å²) < 4.78 is 15.8. The van der Waals surface area contributed by atoms with Crippen LogP contribution in [0.2, 0.25) is 0 Å². The highest BCUT2D eigenvalue weighted by Gasteiger charge is 2.25. The van der Waals surface area contributed by atoms with Crippen LogP contribution in [0.5, 0.6) is 11.5 Å². The van der Waals surface area contributed by atoms with E-state index in [1.807, 2.05) is 20.8 Å². The fraction of sp³-hybridized carbons (Fsp3) is 0.600. The van der Waals surface area contributed by atoms with Gasteiger partial charge in [0.25, 0.3) is 0 Å². The van der Waals surface area contributed by atoms with E-state index in [1.165, 1.54) is 0 Å². The quantitative estimate of drug-likeness (QED) is 0.751. The number of nitrogens with one attached hydrogen (secondary N) is 2. The van der Waals surface area contributed by atoms with Gasteiger partial charge in [-0.05, 0) is 32.9 Å². The molecule has 162 valence electrons. The van der Waals surface area contributed by atoms with Crippen molar-refractivity contribution in [3.05, 3.63) is 18.2 Å². The predicted molar refractivity (Wildman–Crippen MR) is 111 cm³/mol. The molecule has 0 saturated carbocycles. The van der Waals surface area contributed by atoms with Crippen LogP contribution in [0, 0.1) is 0 Å². The molecule has 0 aliphatic carbocycles. The molecule has 9 nitrogen and oxygen atoms in total. The first kappa shape index (κ1) is 22.6. The molecule has 2 rings (SSSR count). The van der Waals surface area contributed by atoms with Crippen molar-refractivity contribution in [1.82, 2.24) is 15.1 Å². The number of urea groups is 1. The van der Waals surface area contributed by atoms with Gasteiger partial charge in [-0.25, -0.2) is 9.59 Å². The van der Waals surface area contributed by atoms with Gasteiger partial charge in [-0.3, -0.25) is 4.90 Å². The molecule has 0 aromatic heterocycles. The van der Waals surface area contributed by atoms with Gasteiger partial charge in [0.15, 0.2) is 0 Å². The van der Waals surface area contributed by atoms with Gasteiger partial charge in [0.1, 0.15) is 17.1 Å². The van der Waals surface area contributed by atoms with Crippen molar-refractivity contribution in [2.24, 2.45) is 0 Å². The summed E-state index contributed by atoms with van der Waals surface area (Å²) in [5, 5.41) is 5.61. The topological polar surface area (TPSA) is 92.4 Å². The van der Waals surface area contributed by atoms with Gasteiger partial charge < -0.3 is 29.7 Å². The van der Waals surface area contributed by atoms with Crippen LogP contribution in [0.1, 0.15) is 20.8 Å². The Morgan fingerprint density at radius 2 is 1.76 bits per heavy atom. The summed E-state index contributed by atoms with van der Waals surface area (Å²) in [7, 11) is 3.11. The number of ether oxygens (including phenoxy) is 3. The van der Waals surface area contributed by atoms with Crippen molar-refractivity contribution in [2.45, 2.75) is 26.4 Å². The summed E-state index contributed by atoms with van der Waals surface area (Å²) in [6.45, 7) is 9.48. The number of carbonyl (C=O) groups excluding carboxylic acids is 2. The standard InChI is InChI=1S/C20H32N4O5/c1-20(2,3)29-19(26)24-12-10-23(11-13-24)9-8-21-18(25)22-16-14-15(27-4)6-7-17(16)28-5/h6-7,14H,8-13H2,1-5H3,(H2,21,22,25). The molecule has 0 atom stereocenters. The molecular formula is C20H32N4O5. The van der Waals surface area contributed by atoms with Gasteiger partial charge in [-0.1, -0.05) is 0 Å². The zero-order valence-electron chi connectivity index (χ0n) is 17.9. The average Bonchev–Trinajstić information content (AvgIpc) is 2.67. The van der Waals surface area contributed by atoms with E-state index in [9.17, 15) is 9.59 Å². The highest BCUT2D eigenvalue weighted by atomic mass is 16.6. The van der Waals surface area contributed by atoms with Crippen molar-refractivity contribution >= 4 is 17.8 Å². The first-order valence-electron chi connectivity index (χ1n) is 9.69. The lowest BCUT2D eigenvalue weighted by molar-refractivity contribution is 0.0147. The molecule has 0 unspecified atom stereocenters. The summed E-state index contributed by atoms with van der Waals surface area (Å²) >= 11 is 0. The van der Waals surface area contributed by atoms with E-state index in [2.05, 4.69) is 15.5 Å². The van der Waals surface area contributed by atoms with E-state index in [0.717, 1.165) is 13.1 Å². The molecule has 0 bridgehead atoms. The monoisotopic (exact) mass is 408 g/mol. The minimum absolute atomic E-state index is 0.276. The second kappa shape index (κ2) is 10.2. The van der Waals surface area contributed by atoms with Crippen molar-refractivity contribution < 1.29 is 23.8 Å². The fourth-order valence-corrected chi connectivity index (χ4v) is 2.89. The molecule has 2 N–H and O–H groups in total. The second-order valence-electron chi connectivity index (χ2n) is 7.76. The molecule has 1 aliphatic rings. The molecule has 3 amide bonds. The lowest BCUT2D eigenvalue weighted by atomic mass is 10.2. The summed E-state index contributed by atoms with van der Waals surface area (Å²) in [6, 6.07) is 4.88. The lowest BCUT2D eigenvalue weighted by Crippen LogP contribution is -2.51. The number of rotatable bonds is 6. The van der Waals surface area contributed by atoms with Crippen LogP contribution in [-0.4, -0.2) is 81.0 Å². The van der Waals surface area contributed by atoms with Crippen LogP contribution >= 0.6 is 0 Å². The largest absolute Gasteiger partial charge is 0.497 e. The molecule has 1 fully saturated rings. The number of benzene rings is 1. The zero-order chi connectivity index (χ0) is 21.4. The smallest absolute Gasteiger partial charge is 0.410 e. The number of methoxy groups -OCH3 is 2. The van der Waals surface area contributed by atoms with Gasteiger partial charge in [-0.2, -0.15) is 0 Å². The number of anilines is 1. The molecule has 0 radical (unpaired) electrons. The van der Waals surface area contributed by atoms with Crippen LogP contribution < -0.4 is 20.1 Å². The van der Waals surface area contributed by atoms with Crippen LogP contribution in [0.15, 0.2) is 18.2 Å². The number of nitrogens with zero attached hydrogens (tertiary/aromatic N) is 2. The number of hydrogen-bond donors (Lipinski definition) is 2. The third-order valence-electron chi connectivity index (χ3n) is 4.39. The van der Waals surface area contributed by atoms with Gasteiger partial charge in [-0.15, -0.1) is 0 Å². The highest BCUT2D eigenvalue weighted by molar-refractivity contribution is 5.91. The van der Waals surface area contributed by atoms with Crippen LogP contribution in [0.25, 0.3) is 0 Å². The SMILES string of the molecule is COc1ccc(OC)c(NC(=O)NCCN2CCN(C(=O)OC(C)(C)C)CC2)c1. The van der Waals surface area contributed by atoms with Crippen molar-refractivity contribution in [3.8, 4) is 11.5 Å². The molecule has 29 heavy (non-hydrogen) atoms. The second-order valence-corrected chi connectivity index (χ2v) is 7.76. The summed E-state index contributed by atoms with van der Waals surface area (Å²) in [5.41, 5.74) is 0.0482. The Morgan fingerprint density at radius 1 is 1.07 bits per heavy atom. The fourth-order valence-electron chi connectivity index (χ4n) is 2.89. The maximum atomic E-state index is 12.2. The number of carbonyl (C=O) groups is 2. The first-order valence-corrected chi connectivity index (χ1v) is 9.69. The molecule has 1 heterocycles. The van der Waals surface area contributed by atoms with Crippen LogP contribution in [-0.2, 0) is 4.74 Å². The molecule has 9 heteroatoms. The molecule has 1 aromatic carbocycles. The lowest BCUT2D eigenvalue weighted by Gasteiger charge is -2.35. The summed E-state index contributed by atoms with van der Waals surface area (Å²) in [4.78, 5) is 28.2. The Bertz CT molecular complexity index is 697. The molecule has 1 saturated heterocycles. The van der Waals surface area contributed by atoms with E-state index in [1.54, 1.807) is 37.3 Å². The number of hydrogen-bond acceptors (Lipinski definition) is 6. The van der Waals surface area contributed by atoms with E-state index in [4.69, 9.17) is 14.2 Å². The predicted octanol–water partition coefficient (Wildman–Crippen LogP) is 2.38. The van der Waals surface area contributed by atoms with E-state index < -0.39 is 5.60 Å². The Balaban J connectivity index is 1.72. The van der Waals surface area contributed by atoms with Crippen LogP contribution in [0.3, 0.4) is 0 Å². The minimum Gasteiger partial charge on any atom is -0.497 e. The molecular weight excluding hydrogens is 376 g/mol. The first-order chi connectivity index (χ1) is 13.7.